The molecule has 0 aliphatic carbocycles. The second-order valence-corrected chi connectivity index (χ2v) is 7.14. The van der Waals surface area contributed by atoms with E-state index in [1.54, 1.807) is 50.2 Å². The highest BCUT2D eigenvalue weighted by atomic mass is 31.2. The molecule has 3 aromatic rings. The Morgan fingerprint density at radius 3 is 1.38 bits per heavy atom. The lowest BCUT2D eigenvalue weighted by molar-refractivity contribution is 0.289. The lowest BCUT2D eigenvalue weighted by Gasteiger charge is -2.16. The summed E-state index contributed by atoms with van der Waals surface area (Å²) in [6, 6.07) is 24.2. The number of benzene rings is 3. The molecule has 0 aromatic heterocycles. The van der Waals surface area contributed by atoms with Gasteiger partial charge in [0.05, 0.1) is 0 Å². The van der Waals surface area contributed by atoms with Crippen LogP contribution in [0.4, 0.5) is 0 Å². The van der Waals surface area contributed by atoms with Crippen molar-refractivity contribution in [3.63, 3.8) is 0 Å². The van der Waals surface area contributed by atoms with Gasteiger partial charge in [-0.05, 0) is 44.0 Å². The summed E-state index contributed by atoms with van der Waals surface area (Å²) in [5.41, 5.74) is 2.86. The SMILES string of the molecule is Cc1ccccc1.Cc1ccccc1OP(=O)(O)Oc1ccccc1C. The van der Waals surface area contributed by atoms with Gasteiger partial charge in [0, 0.05) is 0 Å². The predicted octanol–water partition coefficient (Wildman–Crippen LogP) is 5.86. The number of para-hydroxylation sites is 2. The standard InChI is InChI=1S/C14H15O4P.C7H8/c1-11-7-3-5-9-13(11)17-19(15,16)18-14-10-6-4-8-12(14)2;1-7-5-3-2-4-6-7/h3-10H,1-2H3,(H,15,16);2-6H,1H3. The van der Waals surface area contributed by atoms with Crippen molar-refractivity contribution in [2.75, 3.05) is 0 Å². The van der Waals surface area contributed by atoms with E-state index < -0.39 is 7.82 Å². The van der Waals surface area contributed by atoms with Gasteiger partial charge in [-0.1, -0.05) is 72.3 Å². The largest absolute Gasteiger partial charge is 0.584 e. The van der Waals surface area contributed by atoms with Crippen molar-refractivity contribution in [1.82, 2.24) is 0 Å². The number of hydrogen-bond acceptors (Lipinski definition) is 3. The molecule has 0 amide bonds. The third kappa shape index (κ3) is 6.40. The molecule has 0 saturated carbocycles. The molecule has 0 radical (unpaired) electrons. The summed E-state index contributed by atoms with van der Waals surface area (Å²) in [6.07, 6.45) is 0. The minimum atomic E-state index is -4.19. The molecule has 0 atom stereocenters. The molecule has 0 unspecified atom stereocenters. The number of hydrogen-bond donors (Lipinski definition) is 1. The van der Waals surface area contributed by atoms with Gasteiger partial charge in [-0.15, -0.1) is 0 Å². The summed E-state index contributed by atoms with van der Waals surface area (Å²) in [6.45, 7) is 5.67. The zero-order valence-electron chi connectivity index (χ0n) is 15.1. The van der Waals surface area contributed by atoms with Crippen molar-refractivity contribution >= 4 is 7.82 Å². The molecule has 4 nitrogen and oxygen atoms in total. The van der Waals surface area contributed by atoms with Crippen molar-refractivity contribution < 1.29 is 18.5 Å². The topological polar surface area (TPSA) is 55.8 Å². The molecule has 0 fully saturated rings. The molecular weight excluding hydrogens is 347 g/mol. The molecule has 0 aliphatic heterocycles. The Hall–Kier alpha value is -2.55. The van der Waals surface area contributed by atoms with E-state index in [0.29, 0.717) is 11.5 Å². The van der Waals surface area contributed by atoms with Crippen molar-refractivity contribution in [3.05, 3.63) is 95.6 Å². The maximum absolute atomic E-state index is 12.0. The summed E-state index contributed by atoms with van der Waals surface area (Å²) in [5.74, 6) is 0.670. The van der Waals surface area contributed by atoms with Gasteiger partial charge in [-0.3, -0.25) is 4.89 Å². The van der Waals surface area contributed by atoms with Gasteiger partial charge in [-0.2, -0.15) is 0 Å². The zero-order chi connectivity index (χ0) is 19.0. The first-order valence-corrected chi connectivity index (χ1v) is 9.72. The highest BCUT2D eigenvalue weighted by molar-refractivity contribution is 7.48. The molecule has 0 aliphatic rings. The highest BCUT2D eigenvalue weighted by Crippen LogP contribution is 2.45. The van der Waals surface area contributed by atoms with E-state index in [1.165, 1.54) is 5.56 Å². The second-order valence-electron chi connectivity index (χ2n) is 5.84. The highest BCUT2D eigenvalue weighted by Gasteiger charge is 2.26. The first-order valence-electron chi connectivity index (χ1n) is 8.22. The lowest BCUT2D eigenvalue weighted by atomic mass is 10.2. The van der Waals surface area contributed by atoms with Gasteiger partial charge in [0.25, 0.3) is 0 Å². The average Bonchev–Trinajstić information content (AvgIpc) is 2.60. The van der Waals surface area contributed by atoms with Crippen LogP contribution in [0, 0.1) is 20.8 Å². The second kappa shape index (κ2) is 9.23. The van der Waals surface area contributed by atoms with Gasteiger partial charge in [0.1, 0.15) is 11.5 Å². The Morgan fingerprint density at radius 1 is 0.654 bits per heavy atom. The number of phosphoric ester groups is 1. The number of rotatable bonds is 4. The van der Waals surface area contributed by atoms with E-state index in [2.05, 4.69) is 19.1 Å². The zero-order valence-corrected chi connectivity index (χ0v) is 16.0. The van der Waals surface area contributed by atoms with Gasteiger partial charge >= 0.3 is 7.82 Å². The summed E-state index contributed by atoms with van der Waals surface area (Å²) in [7, 11) is -4.19. The van der Waals surface area contributed by atoms with E-state index in [-0.39, 0.29) is 0 Å². The lowest BCUT2D eigenvalue weighted by Crippen LogP contribution is -2.01. The third-order valence-corrected chi connectivity index (χ3v) is 4.41. The van der Waals surface area contributed by atoms with Crippen LogP contribution in [-0.2, 0) is 4.57 Å². The quantitative estimate of drug-likeness (QED) is 0.585. The molecule has 0 bridgehead atoms. The monoisotopic (exact) mass is 370 g/mol. The van der Waals surface area contributed by atoms with E-state index in [9.17, 15) is 9.46 Å². The van der Waals surface area contributed by atoms with Crippen molar-refractivity contribution in [2.45, 2.75) is 20.8 Å². The van der Waals surface area contributed by atoms with E-state index >= 15 is 0 Å². The molecule has 5 heteroatoms. The van der Waals surface area contributed by atoms with Crippen LogP contribution in [0.15, 0.2) is 78.9 Å². The molecule has 0 heterocycles. The van der Waals surface area contributed by atoms with E-state index in [4.69, 9.17) is 9.05 Å². The molecule has 26 heavy (non-hydrogen) atoms. The van der Waals surface area contributed by atoms with E-state index in [0.717, 1.165) is 11.1 Å². The fourth-order valence-electron chi connectivity index (χ4n) is 2.12. The fourth-order valence-corrected chi connectivity index (χ4v) is 3.06. The summed E-state index contributed by atoms with van der Waals surface area (Å²) in [5, 5.41) is 0. The van der Waals surface area contributed by atoms with Crippen molar-refractivity contribution in [3.8, 4) is 11.5 Å². The maximum Gasteiger partial charge on any atom is 0.584 e. The number of aryl methyl sites for hydroxylation is 3. The molecule has 3 aromatic carbocycles. The normalized spacial score (nSPS) is 10.5. The van der Waals surface area contributed by atoms with Crippen LogP contribution in [0.2, 0.25) is 0 Å². The molecular formula is C21H23O4P. The molecule has 0 spiro atoms. The van der Waals surface area contributed by atoms with Crippen LogP contribution in [0.5, 0.6) is 11.5 Å². The Kier molecular flexibility index (Phi) is 7.02. The van der Waals surface area contributed by atoms with Gasteiger partial charge < -0.3 is 9.05 Å². The molecule has 3 rings (SSSR count). The summed E-state index contributed by atoms with van der Waals surface area (Å²) in [4.78, 5) is 9.78. The first kappa shape index (κ1) is 19.8. The molecule has 0 saturated heterocycles. The fraction of sp³-hybridized carbons (Fsp3) is 0.143. The van der Waals surface area contributed by atoms with Gasteiger partial charge in [-0.25, -0.2) is 4.57 Å². The Labute approximate surface area is 154 Å². The predicted molar refractivity (Wildman–Crippen MR) is 105 cm³/mol. The van der Waals surface area contributed by atoms with Gasteiger partial charge in [0.15, 0.2) is 0 Å². The van der Waals surface area contributed by atoms with Gasteiger partial charge in [0.2, 0.25) is 0 Å². The number of phosphoric acid groups is 1. The summed E-state index contributed by atoms with van der Waals surface area (Å²) >= 11 is 0. The molecule has 136 valence electrons. The maximum atomic E-state index is 12.0. The smallest absolute Gasteiger partial charge is 0.395 e. The third-order valence-electron chi connectivity index (χ3n) is 3.56. The summed E-state index contributed by atoms with van der Waals surface area (Å²) < 4.78 is 22.1. The minimum Gasteiger partial charge on any atom is -0.395 e. The Balaban J connectivity index is 0.000000290. The van der Waals surface area contributed by atoms with Crippen molar-refractivity contribution in [2.24, 2.45) is 0 Å². The Bertz CT molecular complexity index is 826. The minimum absolute atomic E-state index is 0.335. The average molecular weight is 370 g/mol. The Morgan fingerprint density at radius 2 is 1.04 bits per heavy atom. The van der Waals surface area contributed by atoms with Crippen LogP contribution in [0.25, 0.3) is 0 Å². The van der Waals surface area contributed by atoms with Crippen LogP contribution in [-0.4, -0.2) is 4.89 Å². The van der Waals surface area contributed by atoms with Crippen LogP contribution in [0.3, 0.4) is 0 Å². The van der Waals surface area contributed by atoms with Crippen LogP contribution < -0.4 is 9.05 Å². The van der Waals surface area contributed by atoms with Crippen LogP contribution in [0.1, 0.15) is 16.7 Å². The molecule has 1 N–H and O–H groups in total. The van der Waals surface area contributed by atoms with Crippen molar-refractivity contribution in [1.29, 1.82) is 0 Å². The van der Waals surface area contributed by atoms with Crippen LogP contribution >= 0.6 is 7.82 Å². The first-order chi connectivity index (χ1) is 12.4. The van der Waals surface area contributed by atoms with E-state index in [1.807, 2.05) is 30.3 Å².